The number of hydrogen-bond acceptors (Lipinski definition) is 0. The first-order valence-corrected chi connectivity index (χ1v) is 12.9. The topological polar surface area (TPSA) is 0 Å². The third-order valence-electron chi connectivity index (χ3n) is 3.11. The Hall–Kier alpha value is -0.179. The third-order valence-corrected chi connectivity index (χ3v) is 3.11. The van der Waals surface area contributed by atoms with Gasteiger partial charge in [0.15, 0.2) is 0 Å². The van der Waals surface area contributed by atoms with Crippen LogP contribution < -0.4 is 0 Å². The van der Waals surface area contributed by atoms with E-state index in [2.05, 4.69) is 99.9 Å². The average molecular weight is 415 g/mol. The van der Waals surface area contributed by atoms with E-state index in [1.807, 2.05) is 0 Å². The molecular formula is C20H28Cl2SiTi. The van der Waals surface area contributed by atoms with Gasteiger partial charge in [0.2, 0.25) is 0 Å². The SMILES string of the molecule is CCCCC1=[C-]CC=C1.C[Si](C)=[Ti+2].Cl.Cl.c1ccc2[cH-]ccc2c1. The first-order valence-electron chi connectivity index (χ1n) is 8.02. The molecule has 0 saturated heterocycles. The van der Waals surface area contributed by atoms with Gasteiger partial charge in [-0.05, 0) is 0 Å². The van der Waals surface area contributed by atoms with Crippen molar-refractivity contribution in [2.45, 2.75) is 45.7 Å². The van der Waals surface area contributed by atoms with Crippen molar-refractivity contribution in [3.8, 4) is 0 Å². The first-order chi connectivity index (χ1) is 10.6. The minimum absolute atomic E-state index is 0. The molecule has 0 fully saturated rings. The van der Waals surface area contributed by atoms with Gasteiger partial charge in [-0.3, -0.25) is 6.08 Å². The van der Waals surface area contributed by atoms with Gasteiger partial charge in [0, 0.05) is 0 Å². The van der Waals surface area contributed by atoms with Crippen LogP contribution in [-0.2, 0) is 19.2 Å². The molecule has 0 atom stereocenters. The van der Waals surface area contributed by atoms with E-state index in [1.165, 1.54) is 35.6 Å². The van der Waals surface area contributed by atoms with Crippen molar-refractivity contribution in [3.63, 3.8) is 0 Å². The Kier molecular flexibility index (Phi) is 17.7. The molecule has 0 aromatic heterocycles. The molecule has 0 amide bonds. The smallest absolute Gasteiger partial charge is 0.0809 e. The quantitative estimate of drug-likeness (QED) is 0.372. The molecule has 2 aromatic carbocycles. The van der Waals surface area contributed by atoms with Crippen LogP contribution in [0.1, 0.15) is 32.6 Å². The predicted molar refractivity (Wildman–Crippen MR) is 112 cm³/mol. The van der Waals surface area contributed by atoms with Gasteiger partial charge < -0.3 is 0 Å². The molecule has 130 valence electrons. The van der Waals surface area contributed by atoms with Gasteiger partial charge in [-0.15, -0.1) is 60.9 Å². The van der Waals surface area contributed by atoms with Crippen LogP contribution in [0.25, 0.3) is 10.8 Å². The van der Waals surface area contributed by atoms with Gasteiger partial charge >= 0.3 is 38.5 Å². The molecule has 0 N–H and O–H groups in total. The monoisotopic (exact) mass is 414 g/mol. The van der Waals surface area contributed by atoms with Crippen molar-refractivity contribution in [1.29, 1.82) is 0 Å². The van der Waals surface area contributed by atoms with E-state index in [0.717, 1.165) is 6.42 Å². The molecule has 2 aromatic rings. The van der Waals surface area contributed by atoms with Gasteiger partial charge in [0.05, 0.1) is 0 Å². The minimum Gasteiger partial charge on any atom is -0.168 e. The molecule has 0 unspecified atom stereocenters. The second kappa shape index (κ2) is 16.3. The molecule has 0 spiro atoms. The van der Waals surface area contributed by atoms with Gasteiger partial charge in [-0.25, -0.2) is 11.6 Å². The number of benzene rings is 1. The van der Waals surface area contributed by atoms with Crippen LogP contribution in [0.4, 0.5) is 0 Å². The summed E-state index contributed by atoms with van der Waals surface area (Å²) >= 11 is 2.27. The maximum Gasteiger partial charge on any atom is -0.0809 e. The van der Waals surface area contributed by atoms with Crippen molar-refractivity contribution >= 4 is 41.8 Å². The summed E-state index contributed by atoms with van der Waals surface area (Å²) in [5.41, 5.74) is 1.41. The second-order valence-electron chi connectivity index (χ2n) is 5.57. The van der Waals surface area contributed by atoms with Crippen molar-refractivity contribution in [2.75, 3.05) is 0 Å². The number of fused-ring (bicyclic) bond motifs is 1. The Bertz CT molecular complexity index is 595. The van der Waals surface area contributed by atoms with E-state index >= 15 is 0 Å². The Morgan fingerprint density at radius 3 is 2.38 bits per heavy atom. The van der Waals surface area contributed by atoms with E-state index < -0.39 is 0 Å². The van der Waals surface area contributed by atoms with Crippen molar-refractivity contribution in [3.05, 3.63) is 66.3 Å². The predicted octanol–water partition coefficient (Wildman–Crippen LogP) is 7.05. The van der Waals surface area contributed by atoms with E-state index in [1.54, 1.807) is 0 Å². The summed E-state index contributed by atoms with van der Waals surface area (Å²) in [7, 11) is 0. The number of halogens is 2. The summed E-state index contributed by atoms with van der Waals surface area (Å²) in [5, 5.41) is 2.66. The van der Waals surface area contributed by atoms with Crippen molar-refractivity contribution < 1.29 is 19.2 Å². The molecule has 1 aliphatic carbocycles. The zero-order valence-electron chi connectivity index (χ0n) is 14.8. The largest absolute Gasteiger partial charge is 0.168 e. The molecule has 0 saturated carbocycles. The Labute approximate surface area is 172 Å². The minimum atomic E-state index is 0. The maximum absolute atomic E-state index is 3.30. The van der Waals surface area contributed by atoms with E-state index in [-0.39, 0.29) is 31.0 Å². The van der Waals surface area contributed by atoms with E-state index in [0.29, 0.717) is 0 Å². The number of hydrogen-bond donors (Lipinski definition) is 0. The maximum atomic E-state index is 3.30. The van der Waals surface area contributed by atoms with Crippen LogP contribution in [0.3, 0.4) is 0 Å². The summed E-state index contributed by atoms with van der Waals surface area (Å²) < 4.78 is 0. The van der Waals surface area contributed by atoms with Gasteiger partial charge in [0.1, 0.15) is 0 Å². The molecule has 0 bridgehead atoms. The molecule has 4 heteroatoms. The molecule has 0 nitrogen and oxygen atoms in total. The summed E-state index contributed by atoms with van der Waals surface area (Å²) in [6.07, 6.45) is 12.7. The second-order valence-corrected chi connectivity index (χ2v) is 12.3. The zero-order valence-corrected chi connectivity index (χ0v) is 19.0. The van der Waals surface area contributed by atoms with Crippen LogP contribution >= 0.6 is 24.8 Å². The Morgan fingerprint density at radius 2 is 1.83 bits per heavy atom. The number of rotatable bonds is 3. The molecule has 24 heavy (non-hydrogen) atoms. The number of unbranched alkanes of at least 4 members (excludes halogenated alkanes) is 1. The Balaban J connectivity index is 0. The van der Waals surface area contributed by atoms with Crippen molar-refractivity contribution in [2.24, 2.45) is 0 Å². The average Bonchev–Trinajstić information content (AvgIpc) is 3.16. The van der Waals surface area contributed by atoms with Crippen molar-refractivity contribution in [1.82, 2.24) is 0 Å². The zero-order chi connectivity index (χ0) is 16.2. The van der Waals surface area contributed by atoms with Gasteiger partial charge in [-0.2, -0.15) is 23.6 Å². The normalized spacial score (nSPS) is 11.1. The molecular weight excluding hydrogens is 387 g/mol. The Morgan fingerprint density at radius 1 is 1.17 bits per heavy atom. The fourth-order valence-electron chi connectivity index (χ4n) is 2.06. The fraction of sp³-hybridized carbons (Fsp3) is 0.350. The van der Waals surface area contributed by atoms with Gasteiger partial charge in [-0.1, -0.05) is 32.3 Å². The standard InChI is InChI=1S/C9H7.C9H13.C2H6Si.2ClH.Ti/c1-2-5-9-7-3-6-8(9)4-1;1-2-3-6-9-7-4-5-8-9;1-3-2;;;/h1-7H;4,7H,2-3,5-6H2,1H3;1-2H3;2*1H;/q2*-1;;;;+2. The first kappa shape index (κ1) is 26.1. The molecule has 1 aliphatic rings. The van der Waals surface area contributed by atoms with Crippen LogP contribution in [0.15, 0.2) is 60.2 Å². The molecule has 0 heterocycles. The van der Waals surface area contributed by atoms with Crippen LogP contribution in [0.2, 0.25) is 13.1 Å². The fourth-order valence-corrected chi connectivity index (χ4v) is 2.06. The van der Waals surface area contributed by atoms with E-state index in [4.69, 9.17) is 0 Å². The van der Waals surface area contributed by atoms with Gasteiger partial charge in [0.25, 0.3) is 0 Å². The third kappa shape index (κ3) is 12.2. The number of allylic oxidation sites excluding steroid dienone is 4. The van der Waals surface area contributed by atoms with Crippen LogP contribution in [-0.4, -0.2) is 6.19 Å². The van der Waals surface area contributed by atoms with Crippen LogP contribution in [0, 0.1) is 6.08 Å². The molecule has 3 rings (SSSR count). The van der Waals surface area contributed by atoms with E-state index in [9.17, 15) is 0 Å². The molecule has 0 aliphatic heterocycles. The summed E-state index contributed by atoms with van der Waals surface area (Å²) in [6, 6.07) is 14.7. The molecule has 0 radical (unpaired) electrons. The summed E-state index contributed by atoms with van der Waals surface area (Å²) in [6.45, 7) is 6.76. The summed E-state index contributed by atoms with van der Waals surface area (Å²) in [4.78, 5) is 0. The van der Waals surface area contributed by atoms with Crippen LogP contribution in [0.5, 0.6) is 0 Å². The summed E-state index contributed by atoms with van der Waals surface area (Å²) in [5.74, 6) is 0.